The number of anilines is 2. The van der Waals surface area contributed by atoms with Crippen molar-refractivity contribution in [3.63, 3.8) is 0 Å². The Bertz CT molecular complexity index is 813. The zero-order chi connectivity index (χ0) is 20.1. The number of piperazine rings is 1. The van der Waals surface area contributed by atoms with Crippen LogP contribution in [0.15, 0.2) is 36.4 Å². The maximum atomic E-state index is 12.9. The monoisotopic (exact) mass is 404 g/mol. The molecule has 2 N–H and O–H groups in total. The third-order valence-electron chi connectivity index (χ3n) is 5.13. The average molecular weight is 405 g/mol. The Morgan fingerprint density at radius 1 is 1.11 bits per heavy atom. The van der Waals surface area contributed by atoms with Crippen LogP contribution in [0.2, 0.25) is 5.02 Å². The summed E-state index contributed by atoms with van der Waals surface area (Å²) >= 11 is 6.21. The summed E-state index contributed by atoms with van der Waals surface area (Å²) in [6.45, 7) is 7.40. The topological polar surface area (TPSA) is 55.2 Å². The molecule has 0 bridgehead atoms. The second-order valence-electron chi connectivity index (χ2n) is 6.81. The van der Waals surface area contributed by atoms with Gasteiger partial charge in [-0.3, -0.25) is 4.79 Å². The Kier molecular flexibility index (Phi) is 6.65. The molecular formula is C21H27ClN3O3+. The quantitative estimate of drug-likeness (QED) is 0.776. The lowest BCUT2D eigenvalue weighted by Gasteiger charge is -2.34. The lowest BCUT2D eigenvalue weighted by atomic mass is 10.1. The number of ether oxygens (including phenoxy) is 2. The van der Waals surface area contributed by atoms with E-state index in [0.717, 1.165) is 38.4 Å². The van der Waals surface area contributed by atoms with E-state index in [2.05, 4.69) is 17.1 Å². The van der Waals surface area contributed by atoms with Gasteiger partial charge in [-0.2, -0.15) is 0 Å². The summed E-state index contributed by atoms with van der Waals surface area (Å²) < 4.78 is 10.5. The van der Waals surface area contributed by atoms with Crippen molar-refractivity contribution in [3.05, 3.63) is 47.0 Å². The fraction of sp³-hybridized carbons (Fsp3) is 0.381. The Labute approximate surface area is 171 Å². The number of hydrogen-bond donors (Lipinski definition) is 2. The number of carbonyl (C=O) groups is 1. The van der Waals surface area contributed by atoms with E-state index in [4.69, 9.17) is 21.1 Å². The van der Waals surface area contributed by atoms with Crippen LogP contribution in [-0.4, -0.2) is 52.9 Å². The minimum atomic E-state index is -0.237. The van der Waals surface area contributed by atoms with Crippen molar-refractivity contribution in [1.82, 2.24) is 0 Å². The van der Waals surface area contributed by atoms with Gasteiger partial charge in [-0.05, 0) is 37.3 Å². The fourth-order valence-electron chi connectivity index (χ4n) is 3.43. The summed E-state index contributed by atoms with van der Waals surface area (Å²) in [5, 5.41) is 3.59. The molecule has 1 aliphatic rings. The smallest absolute Gasteiger partial charge is 0.255 e. The molecule has 1 aliphatic heterocycles. The standard InChI is InChI=1S/C21H26ClN3O3/c1-4-24-7-9-25(10-8-24)20-6-5-16(22)13-19(20)23-21(26)15-11-17(27-2)14-18(12-15)28-3/h5-6,11-14H,4,7-10H2,1-3H3,(H,23,26)/p+1. The van der Waals surface area contributed by atoms with E-state index in [1.807, 2.05) is 12.1 Å². The highest BCUT2D eigenvalue weighted by molar-refractivity contribution is 6.31. The molecule has 0 aromatic heterocycles. The number of quaternary nitrogens is 1. The molecule has 0 saturated carbocycles. The Balaban J connectivity index is 1.84. The predicted molar refractivity (Wildman–Crippen MR) is 112 cm³/mol. The summed E-state index contributed by atoms with van der Waals surface area (Å²) in [5.41, 5.74) is 2.16. The number of nitrogens with zero attached hydrogens (tertiary/aromatic N) is 1. The molecule has 28 heavy (non-hydrogen) atoms. The van der Waals surface area contributed by atoms with Crippen molar-refractivity contribution < 1.29 is 19.2 Å². The van der Waals surface area contributed by atoms with Gasteiger partial charge in [0.25, 0.3) is 5.91 Å². The lowest BCUT2D eigenvalue weighted by Crippen LogP contribution is -3.14. The molecule has 2 aromatic rings. The van der Waals surface area contributed by atoms with Gasteiger partial charge in [0.15, 0.2) is 0 Å². The van der Waals surface area contributed by atoms with E-state index >= 15 is 0 Å². The minimum Gasteiger partial charge on any atom is -0.497 e. The van der Waals surface area contributed by atoms with E-state index in [1.165, 1.54) is 0 Å². The molecule has 1 saturated heterocycles. The van der Waals surface area contributed by atoms with Crippen LogP contribution in [0.1, 0.15) is 17.3 Å². The third-order valence-corrected chi connectivity index (χ3v) is 5.37. The van der Waals surface area contributed by atoms with Crippen LogP contribution in [0.5, 0.6) is 11.5 Å². The molecule has 7 heteroatoms. The molecule has 6 nitrogen and oxygen atoms in total. The summed E-state index contributed by atoms with van der Waals surface area (Å²) in [4.78, 5) is 16.8. The Morgan fingerprint density at radius 3 is 2.32 bits per heavy atom. The van der Waals surface area contributed by atoms with Crippen LogP contribution in [0.3, 0.4) is 0 Å². The van der Waals surface area contributed by atoms with Gasteiger partial charge < -0.3 is 24.6 Å². The van der Waals surface area contributed by atoms with Crippen LogP contribution in [0.4, 0.5) is 11.4 Å². The van der Waals surface area contributed by atoms with Gasteiger partial charge in [0, 0.05) is 16.7 Å². The first-order valence-electron chi connectivity index (χ1n) is 9.46. The number of nitrogens with one attached hydrogen (secondary N) is 2. The SMILES string of the molecule is CC[NH+]1CCN(c2ccc(Cl)cc2NC(=O)c2cc(OC)cc(OC)c2)CC1. The van der Waals surface area contributed by atoms with Gasteiger partial charge in [0.2, 0.25) is 0 Å². The van der Waals surface area contributed by atoms with Crippen molar-refractivity contribution in [3.8, 4) is 11.5 Å². The van der Waals surface area contributed by atoms with Crippen LogP contribution in [0, 0.1) is 0 Å². The zero-order valence-electron chi connectivity index (χ0n) is 16.5. The molecule has 2 aromatic carbocycles. The highest BCUT2D eigenvalue weighted by atomic mass is 35.5. The number of likely N-dealkylation sites (N-methyl/N-ethyl adjacent to an activating group) is 1. The van der Waals surface area contributed by atoms with Crippen molar-refractivity contribution in [2.24, 2.45) is 0 Å². The van der Waals surface area contributed by atoms with E-state index in [-0.39, 0.29) is 5.91 Å². The van der Waals surface area contributed by atoms with Gasteiger partial charge in [0.1, 0.15) is 11.5 Å². The van der Waals surface area contributed by atoms with Crippen LogP contribution in [0.25, 0.3) is 0 Å². The molecule has 0 aliphatic carbocycles. The zero-order valence-corrected chi connectivity index (χ0v) is 17.3. The molecule has 1 amide bonds. The molecule has 0 unspecified atom stereocenters. The fourth-order valence-corrected chi connectivity index (χ4v) is 3.61. The van der Waals surface area contributed by atoms with E-state index in [0.29, 0.717) is 27.8 Å². The van der Waals surface area contributed by atoms with E-state index < -0.39 is 0 Å². The number of amides is 1. The van der Waals surface area contributed by atoms with Gasteiger partial charge in [-0.1, -0.05) is 11.6 Å². The van der Waals surface area contributed by atoms with E-state index in [1.54, 1.807) is 43.4 Å². The second-order valence-corrected chi connectivity index (χ2v) is 7.24. The number of rotatable bonds is 6. The van der Waals surface area contributed by atoms with Crippen LogP contribution in [-0.2, 0) is 0 Å². The first-order valence-corrected chi connectivity index (χ1v) is 9.84. The molecule has 150 valence electrons. The minimum absolute atomic E-state index is 0.237. The van der Waals surface area contributed by atoms with Crippen molar-refractivity contribution >= 4 is 28.9 Å². The number of hydrogen-bond acceptors (Lipinski definition) is 4. The molecule has 1 heterocycles. The molecular weight excluding hydrogens is 378 g/mol. The van der Waals surface area contributed by atoms with Crippen molar-refractivity contribution in [2.45, 2.75) is 6.92 Å². The first-order chi connectivity index (χ1) is 13.5. The van der Waals surface area contributed by atoms with Gasteiger partial charge in [0.05, 0.1) is 58.3 Å². The average Bonchev–Trinajstić information content (AvgIpc) is 2.73. The highest BCUT2D eigenvalue weighted by Gasteiger charge is 2.22. The second kappa shape index (κ2) is 9.17. The number of methoxy groups -OCH3 is 2. The summed E-state index contributed by atoms with van der Waals surface area (Å²) in [6, 6.07) is 10.7. The third kappa shape index (κ3) is 4.69. The molecule has 1 fully saturated rings. The lowest BCUT2D eigenvalue weighted by molar-refractivity contribution is -0.898. The Morgan fingerprint density at radius 2 is 1.75 bits per heavy atom. The Hall–Kier alpha value is -2.44. The molecule has 3 rings (SSSR count). The summed E-state index contributed by atoms with van der Waals surface area (Å²) in [6.07, 6.45) is 0. The number of carbonyl (C=O) groups excluding carboxylic acids is 1. The molecule has 0 spiro atoms. The van der Waals surface area contributed by atoms with Crippen molar-refractivity contribution in [2.75, 3.05) is 57.2 Å². The first kappa shape index (κ1) is 20.3. The maximum Gasteiger partial charge on any atom is 0.255 e. The van der Waals surface area contributed by atoms with Gasteiger partial charge in [-0.15, -0.1) is 0 Å². The normalized spacial score (nSPS) is 14.6. The maximum absolute atomic E-state index is 12.9. The summed E-state index contributed by atoms with van der Waals surface area (Å²) in [5.74, 6) is 0.891. The molecule has 0 atom stereocenters. The van der Waals surface area contributed by atoms with Crippen LogP contribution < -0.4 is 24.6 Å². The largest absolute Gasteiger partial charge is 0.497 e. The summed E-state index contributed by atoms with van der Waals surface area (Å²) in [7, 11) is 3.12. The van der Waals surface area contributed by atoms with Gasteiger partial charge >= 0.3 is 0 Å². The van der Waals surface area contributed by atoms with Gasteiger partial charge in [-0.25, -0.2) is 0 Å². The predicted octanol–water partition coefficient (Wildman–Crippen LogP) is 2.33. The highest BCUT2D eigenvalue weighted by Crippen LogP contribution is 2.30. The van der Waals surface area contributed by atoms with Crippen LogP contribution >= 0.6 is 11.6 Å². The number of halogens is 1. The van der Waals surface area contributed by atoms with Crippen molar-refractivity contribution in [1.29, 1.82) is 0 Å². The molecule has 0 radical (unpaired) electrons. The van der Waals surface area contributed by atoms with E-state index in [9.17, 15) is 4.79 Å². The number of benzene rings is 2.